The lowest BCUT2D eigenvalue weighted by atomic mass is 10.1. The molecule has 2 nitrogen and oxygen atoms in total. The zero-order valence-electron chi connectivity index (χ0n) is 11.8. The third-order valence-electron chi connectivity index (χ3n) is 3.30. The van der Waals surface area contributed by atoms with Crippen molar-refractivity contribution in [1.29, 1.82) is 0 Å². The van der Waals surface area contributed by atoms with Crippen molar-refractivity contribution in [3.63, 3.8) is 0 Å². The Morgan fingerprint density at radius 1 is 1.00 bits per heavy atom. The van der Waals surface area contributed by atoms with Gasteiger partial charge in [-0.1, -0.05) is 24.3 Å². The van der Waals surface area contributed by atoms with Crippen molar-refractivity contribution >= 4 is 22.7 Å². The van der Waals surface area contributed by atoms with Crippen LogP contribution in [-0.4, -0.2) is 7.11 Å². The number of hydrogen-bond donors (Lipinski definition) is 1. The summed E-state index contributed by atoms with van der Waals surface area (Å²) in [6.07, 6.45) is 0. The second-order valence-corrected chi connectivity index (χ2v) is 6.65. The average molecular weight is 315 g/mol. The van der Waals surface area contributed by atoms with Crippen LogP contribution in [0.2, 0.25) is 0 Å². The van der Waals surface area contributed by atoms with E-state index in [1.165, 1.54) is 15.3 Å². The molecule has 4 heteroatoms. The van der Waals surface area contributed by atoms with E-state index >= 15 is 0 Å². The number of methoxy groups -OCH3 is 1. The first-order valence-electron chi connectivity index (χ1n) is 6.80. The molecule has 1 N–H and O–H groups in total. The molecule has 3 aromatic rings. The van der Waals surface area contributed by atoms with Crippen LogP contribution < -0.4 is 10.1 Å². The highest BCUT2D eigenvalue weighted by Gasteiger charge is 2.15. The van der Waals surface area contributed by atoms with Gasteiger partial charge in [0.05, 0.1) is 13.2 Å². The number of nitrogens with one attached hydrogen (secondary N) is 1. The fourth-order valence-electron chi connectivity index (χ4n) is 2.25. The van der Waals surface area contributed by atoms with Gasteiger partial charge in [-0.05, 0) is 40.6 Å². The van der Waals surface area contributed by atoms with E-state index in [9.17, 15) is 0 Å². The fourth-order valence-corrected chi connectivity index (χ4v) is 3.96. The van der Waals surface area contributed by atoms with Crippen LogP contribution in [0.25, 0.3) is 0 Å². The van der Waals surface area contributed by atoms with Crippen LogP contribution in [0, 0.1) is 0 Å². The topological polar surface area (TPSA) is 21.3 Å². The smallest absolute Gasteiger partial charge is 0.119 e. The van der Waals surface area contributed by atoms with Gasteiger partial charge < -0.3 is 10.1 Å². The van der Waals surface area contributed by atoms with Crippen molar-refractivity contribution in [2.24, 2.45) is 0 Å². The van der Waals surface area contributed by atoms with E-state index < -0.39 is 0 Å². The lowest BCUT2D eigenvalue weighted by Crippen LogP contribution is -2.20. The van der Waals surface area contributed by atoms with Crippen LogP contribution in [0.5, 0.6) is 5.75 Å². The van der Waals surface area contributed by atoms with Gasteiger partial charge in [-0.25, -0.2) is 0 Å². The van der Waals surface area contributed by atoms with Crippen molar-refractivity contribution < 1.29 is 4.74 Å². The van der Waals surface area contributed by atoms with Gasteiger partial charge in [-0.15, -0.1) is 22.7 Å². The zero-order valence-corrected chi connectivity index (χ0v) is 13.4. The summed E-state index contributed by atoms with van der Waals surface area (Å²) in [6.45, 7) is 0.817. The van der Waals surface area contributed by atoms with E-state index in [1.807, 2.05) is 12.1 Å². The molecule has 108 valence electrons. The molecule has 0 bridgehead atoms. The van der Waals surface area contributed by atoms with E-state index in [1.54, 1.807) is 29.8 Å². The Hall–Kier alpha value is -1.62. The average Bonchev–Trinajstić information content (AvgIpc) is 3.21. The minimum absolute atomic E-state index is 0.260. The molecule has 1 aromatic carbocycles. The van der Waals surface area contributed by atoms with E-state index in [2.05, 4.69) is 52.5 Å². The van der Waals surface area contributed by atoms with E-state index in [-0.39, 0.29) is 6.04 Å². The first kappa shape index (κ1) is 14.3. The molecule has 0 unspecified atom stereocenters. The molecule has 21 heavy (non-hydrogen) atoms. The van der Waals surface area contributed by atoms with E-state index in [0.717, 1.165) is 12.3 Å². The third-order valence-corrected chi connectivity index (χ3v) is 5.17. The van der Waals surface area contributed by atoms with E-state index in [0.29, 0.717) is 0 Å². The molecule has 0 saturated heterocycles. The van der Waals surface area contributed by atoms with Crippen LogP contribution in [0.3, 0.4) is 0 Å². The highest BCUT2D eigenvalue weighted by Crippen LogP contribution is 2.29. The molecule has 0 fully saturated rings. The number of hydrogen-bond acceptors (Lipinski definition) is 4. The van der Waals surface area contributed by atoms with Crippen molar-refractivity contribution in [2.45, 2.75) is 12.6 Å². The van der Waals surface area contributed by atoms with E-state index in [4.69, 9.17) is 4.74 Å². The molecule has 2 aromatic heterocycles. The molecule has 0 amide bonds. The van der Waals surface area contributed by atoms with Gasteiger partial charge in [0.15, 0.2) is 0 Å². The Morgan fingerprint density at radius 2 is 1.71 bits per heavy atom. The zero-order chi connectivity index (χ0) is 14.5. The molecule has 2 heterocycles. The van der Waals surface area contributed by atoms with Gasteiger partial charge in [-0.2, -0.15) is 0 Å². The second-order valence-electron chi connectivity index (χ2n) is 4.70. The lowest BCUT2D eigenvalue weighted by Gasteiger charge is -2.16. The summed E-state index contributed by atoms with van der Waals surface area (Å²) in [4.78, 5) is 2.70. The number of ether oxygens (including phenoxy) is 1. The SMILES string of the molecule is COc1cccc(CNC(c2cccs2)c2cccs2)c1. The molecule has 0 spiro atoms. The van der Waals surface area contributed by atoms with Gasteiger partial charge in [0.1, 0.15) is 5.75 Å². The number of rotatable bonds is 6. The standard InChI is InChI=1S/C17H17NOS2/c1-19-14-6-2-5-13(11-14)12-18-17(15-7-3-9-20-15)16-8-4-10-21-16/h2-11,17-18H,12H2,1H3. The second kappa shape index (κ2) is 6.89. The maximum absolute atomic E-state index is 5.28. The summed E-state index contributed by atoms with van der Waals surface area (Å²) >= 11 is 3.58. The Balaban J connectivity index is 1.76. The molecule has 0 radical (unpaired) electrons. The molecular weight excluding hydrogens is 298 g/mol. The molecule has 0 aliphatic carbocycles. The maximum Gasteiger partial charge on any atom is 0.119 e. The van der Waals surface area contributed by atoms with Crippen molar-refractivity contribution in [3.8, 4) is 5.75 Å². The lowest BCUT2D eigenvalue weighted by molar-refractivity contribution is 0.414. The van der Waals surface area contributed by atoms with Gasteiger partial charge in [0.2, 0.25) is 0 Å². The highest BCUT2D eigenvalue weighted by molar-refractivity contribution is 7.11. The molecule has 0 aliphatic heterocycles. The minimum atomic E-state index is 0.260. The molecular formula is C17H17NOS2. The minimum Gasteiger partial charge on any atom is -0.497 e. The molecule has 0 saturated carbocycles. The van der Waals surface area contributed by atoms with Gasteiger partial charge >= 0.3 is 0 Å². The van der Waals surface area contributed by atoms with Gasteiger partial charge in [0.25, 0.3) is 0 Å². The predicted octanol–water partition coefficient (Wildman–Crippen LogP) is 4.70. The summed E-state index contributed by atoms with van der Waals surface area (Å²) in [6, 6.07) is 17.0. The summed E-state index contributed by atoms with van der Waals surface area (Å²) in [5.74, 6) is 0.901. The van der Waals surface area contributed by atoms with Crippen molar-refractivity contribution in [2.75, 3.05) is 7.11 Å². The van der Waals surface area contributed by atoms with Crippen LogP contribution in [-0.2, 0) is 6.54 Å². The fraction of sp³-hybridized carbons (Fsp3) is 0.176. The summed E-state index contributed by atoms with van der Waals surface area (Å²) in [5.41, 5.74) is 1.23. The monoisotopic (exact) mass is 315 g/mol. The van der Waals surface area contributed by atoms with Crippen molar-refractivity contribution in [1.82, 2.24) is 5.32 Å². The predicted molar refractivity (Wildman–Crippen MR) is 90.3 cm³/mol. The largest absolute Gasteiger partial charge is 0.497 e. The molecule has 3 rings (SSSR count). The Labute approximate surface area is 133 Å². The summed E-state index contributed by atoms with van der Waals surface area (Å²) in [5, 5.41) is 7.91. The third kappa shape index (κ3) is 3.53. The normalized spacial score (nSPS) is 11.0. The molecule has 0 aliphatic rings. The quantitative estimate of drug-likeness (QED) is 0.712. The summed E-state index contributed by atoms with van der Waals surface area (Å²) < 4.78 is 5.28. The molecule has 0 atom stereocenters. The van der Waals surface area contributed by atoms with Gasteiger partial charge in [-0.3, -0.25) is 0 Å². The first-order valence-corrected chi connectivity index (χ1v) is 8.56. The number of benzene rings is 1. The van der Waals surface area contributed by atoms with Crippen LogP contribution >= 0.6 is 22.7 Å². The Bertz CT molecular complexity index is 628. The highest BCUT2D eigenvalue weighted by atomic mass is 32.1. The van der Waals surface area contributed by atoms with Gasteiger partial charge in [0, 0.05) is 16.3 Å². The van der Waals surface area contributed by atoms with Crippen LogP contribution in [0.4, 0.5) is 0 Å². The Kier molecular flexibility index (Phi) is 4.70. The van der Waals surface area contributed by atoms with Crippen molar-refractivity contribution in [3.05, 3.63) is 74.6 Å². The Morgan fingerprint density at radius 3 is 2.29 bits per heavy atom. The maximum atomic E-state index is 5.28. The first-order chi connectivity index (χ1) is 10.4. The van der Waals surface area contributed by atoms with Crippen LogP contribution in [0.1, 0.15) is 21.4 Å². The summed E-state index contributed by atoms with van der Waals surface area (Å²) in [7, 11) is 1.70. The van der Waals surface area contributed by atoms with Crippen LogP contribution in [0.15, 0.2) is 59.3 Å². The number of thiophene rings is 2.